The Morgan fingerprint density at radius 1 is 1.12 bits per heavy atom. The third-order valence-electron chi connectivity index (χ3n) is 4.12. The minimum atomic E-state index is -1.01. The van der Waals surface area contributed by atoms with Gasteiger partial charge in [-0.15, -0.1) is 0 Å². The van der Waals surface area contributed by atoms with Crippen LogP contribution in [0.3, 0.4) is 0 Å². The van der Waals surface area contributed by atoms with Gasteiger partial charge in [-0.1, -0.05) is 42.5 Å². The van der Waals surface area contributed by atoms with Crippen molar-refractivity contribution in [1.82, 2.24) is 4.90 Å². The van der Waals surface area contributed by atoms with Gasteiger partial charge in [0.1, 0.15) is 12.3 Å². The van der Waals surface area contributed by atoms with Gasteiger partial charge < -0.3 is 14.7 Å². The molecule has 5 heteroatoms. The highest BCUT2D eigenvalue weighted by Crippen LogP contribution is 2.22. The number of hydrogen-bond donors (Lipinski definition) is 1. The number of benzene rings is 2. The molecule has 2 aromatic rings. The van der Waals surface area contributed by atoms with Crippen molar-refractivity contribution in [2.45, 2.75) is 19.3 Å². The predicted molar refractivity (Wildman–Crippen MR) is 95.8 cm³/mol. The first-order valence-corrected chi connectivity index (χ1v) is 8.19. The number of rotatable bonds is 8. The third kappa shape index (κ3) is 5.35. The van der Waals surface area contributed by atoms with Gasteiger partial charge in [-0.3, -0.25) is 9.59 Å². The van der Waals surface area contributed by atoms with Crippen LogP contribution in [-0.2, 0) is 16.0 Å². The zero-order valence-electron chi connectivity index (χ0n) is 14.5. The lowest BCUT2D eigenvalue weighted by Crippen LogP contribution is -2.39. The number of amides is 1. The van der Waals surface area contributed by atoms with Crippen molar-refractivity contribution in [2.24, 2.45) is 0 Å². The summed E-state index contributed by atoms with van der Waals surface area (Å²) in [4.78, 5) is 25.4. The first kappa shape index (κ1) is 18.5. The molecule has 1 atom stereocenters. The van der Waals surface area contributed by atoms with E-state index >= 15 is 0 Å². The van der Waals surface area contributed by atoms with E-state index in [1.54, 1.807) is 20.1 Å². The molecule has 0 fully saturated rings. The summed E-state index contributed by atoms with van der Waals surface area (Å²) in [6, 6.07) is 17.0. The molecule has 0 heterocycles. The van der Waals surface area contributed by atoms with Crippen molar-refractivity contribution in [3.8, 4) is 5.75 Å². The second-order valence-electron chi connectivity index (χ2n) is 5.89. The van der Waals surface area contributed by atoms with Gasteiger partial charge in [0.05, 0.1) is 13.0 Å². The second kappa shape index (κ2) is 8.87. The lowest BCUT2D eigenvalue weighted by molar-refractivity contribution is -0.144. The lowest BCUT2D eigenvalue weighted by Gasteiger charge is -2.24. The van der Waals surface area contributed by atoms with Gasteiger partial charge in [0.2, 0.25) is 5.91 Å². The molecule has 25 heavy (non-hydrogen) atoms. The summed E-state index contributed by atoms with van der Waals surface area (Å²) in [5.74, 6) is -0.984. The van der Waals surface area contributed by atoms with Crippen LogP contribution in [0.2, 0.25) is 0 Å². The average molecular weight is 341 g/mol. The van der Waals surface area contributed by atoms with Crippen molar-refractivity contribution < 1.29 is 19.4 Å². The average Bonchev–Trinajstić information content (AvgIpc) is 2.64. The smallest absolute Gasteiger partial charge is 0.323 e. The van der Waals surface area contributed by atoms with Crippen molar-refractivity contribution in [2.75, 3.05) is 20.2 Å². The van der Waals surface area contributed by atoms with Gasteiger partial charge in [0, 0.05) is 6.54 Å². The Labute approximate surface area is 147 Å². The van der Waals surface area contributed by atoms with Crippen LogP contribution in [0.4, 0.5) is 0 Å². The molecule has 0 spiro atoms. The highest BCUT2D eigenvalue weighted by Gasteiger charge is 2.24. The minimum Gasteiger partial charge on any atom is -0.497 e. The number of carboxylic acid groups (broad SMARTS) is 1. The maximum Gasteiger partial charge on any atom is 0.323 e. The van der Waals surface area contributed by atoms with Crippen LogP contribution in [0, 0.1) is 0 Å². The van der Waals surface area contributed by atoms with Gasteiger partial charge >= 0.3 is 5.97 Å². The van der Waals surface area contributed by atoms with Gasteiger partial charge in [-0.2, -0.15) is 0 Å². The van der Waals surface area contributed by atoms with Gasteiger partial charge in [0.25, 0.3) is 0 Å². The van der Waals surface area contributed by atoms with E-state index in [-0.39, 0.29) is 12.5 Å². The van der Waals surface area contributed by atoms with E-state index in [2.05, 4.69) is 0 Å². The zero-order chi connectivity index (χ0) is 18.2. The Balaban J connectivity index is 2.12. The van der Waals surface area contributed by atoms with Crippen LogP contribution >= 0.6 is 0 Å². The van der Waals surface area contributed by atoms with Crippen LogP contribution in [0.15, 0.2) is 54.6 Å². The summed E-state index contributed by atoms with van der Waals surface area (Å²) in [5, 5.41) is 9.15. The number of carbonyl (C=O) groups is 2. The van der Waals surface area contributed by atoms with Gasteiger partial charge in [-0.25, -0.2) is 0 Å². The first-order chi connectivity index (χ1) is 12.0. The van der Waals surface area contributed by atoms with Crippen molar-refractivity contribution >= 4 is 11.9 Å². The molecule has 0 saturated carbocycles. The van der Waals surface area contributed by atoms with E-state index in [1.807, 2.05) is 48.5 Å². The number of ether oxygens (including phenoxy) is 1. The highest BCUT2D eigenvalue weighted by atomic mass is 16.5. The van der Waals surface area contributed by atoms with Crippen LogP contribution in [-0.4, -0.2) is 42.1 Å². The molecule has 1 amide bonds. The summed E-state index contributed by atoms with van der Waals surface area (Å²) >= 11 is 0. The van der Waals surface area contributed by atoms with E-state index in [0.29, 0.717) is 18.7 Å². The maximum atomic E-state index is 12.8. The Bertz CT molecular complexity index is 715. The van der Waals surface area contributed by atoms with Gasteiger partial charge in [-0.05, 0) is 36.6 Å². The molecule has 132 valence electrons. The Morgan fingerprint density at radius 2 is 1.84 bits per heavy atom. The monoisotopic (exact) mass is 341 g/mol. The quantitative estimate of drug-likeness (QED) is 0.802. The van der Waals surface area contributed by atoms with Crippen LogP contribution in [0.25, 0.3) is 0 Å². The molecule has 0 aliphatic heterocycles. The number of aliphatic carboxylic acids is 1. The summed E-state index contributed by atoms with van der Waals surface area (Å²) in [7, 11) is 1.57. The minimum absolute atomic E-state index is 0.202. The molecule has 1 unspecified atom stereocenters. The topological polar surface area (TPSA) is 66.8 Å². The maximum absolute atomic E-state index is 12.8. The standard InChI is InChI=1S/C20H23NO4/c1-15(17-9-6-10-18(13-17)25-2)20(24)21(14-19(22)23)12-11-16-7-4-3-5-8-16/h3-10,13,15H,11-12,14H2,1-2H3,(H,22,23). The summed E-state index contributed by atoms with van der Waals surface area (Å²) in [5.41, 5.74) is 1.87. The SMILES string of the molecule is COc1cccc(C(C)C(=O)N(CCc2ccccc2)CC(=O)O)c1. The molecule has 0 bridgehead atoms. The zero-order valence-corrected chi connectivity index (χ0v) is 14.5. The summed E-state index contributed by atoms with van der Waals surface area (Å²) in [6.45, 7) is 1.85. The number of hydrogen-bond acceptors (Lipinski definition) is 3. The Hall–Kier alpha value is -2.82. The van der Waals surface area contributed by atoms with E-state index < -0.39 is 11.9 Å². The van der Waals surface area contributed by atoms with Crippen LogP contribution in [0.5, 0.6) is 5.75 Å². The largest absolute Gasteiger partial charge is 0.497 e. The summed E-state index contributed by atoms with van der Waals surface area (Å²) < 4.78 is 5.20. The molecule has 0 aliphatic rings. The molecule has 1 N–H and O–H groups in total. The van der Waals surface area contributed by atoms with Crippen molar-refractivity contribution in [3.05, 3.63) is 65.7 Å². The van der Waals surface area contributed by atoms with E-state index in [1.165, 1.54) is 4.90 Å². The van der Waals surface area contributed by atoms with Crippen molar-refractivity contribution in [1.29, 1.82) is 0 Å². The first-order valence-electron chi connectivity index (χ1n) is 8.19. The van der Waals surface area contributed by atoms with Crippen molar-refractivity contribution in [3.63, 3.8) is 0 Å². The number of methoxy groups -OCH3 is 1. The molecular formula is C20H23NO4. The van der Waals surface area contributed by atoms with E-state index in [0.717, 1.165) is 11.1 Å². The van der Waals surface area contributed by atoms with Crippen LogP contribution in [0.1, 0.15) is 24.0 Å². The predicted octanol–water partition coefficient (Wildman–Crippen LogP) is 2.95. The molecule has 0 radical (unpaired) electrons. The highest BCUT2D eigenvalue weighted by molar-refractivity contribution is 5.86. The van der Waals surface area contributed by atoms with E-state index in [9.17, 15) is 9.59 Å². The fraction of sp³-hybridized carbons (Fsp3) is 0.300. The van der Waals surface area contributed by atoms with Crippen LogP contribution < -0.4 is 4.74 Å². The molecule has 2 rings (SSSR count). The normalized spacial score (nSPS) is 11.6. The molecule has 5 nitrogen and oxygen atoms in total. The Kier molecular flexibility index (Phi) is 6.57. The Morgan fingerprint density at radius 3 is 2.48 bits per heavy atom. The number of carboxylic acids is 1. The van der Waals surface area contributed by atoms with E-state index in [4.69, 9.17) is 9.84 Å². The third-order valence-corrected chi connectivity index (χ3v) is 4.12. The fourth-order valence-corrected chi connectivity index (χ4v) is 2.67. The lowest BCUT2D eigenvalue weighted by atomic mass is 9.99. The van der Waals surface area contributed by atoms with Gasteiger partial charge in [0.15, 0.2) is 0 Å². The summed E-state index contributed by atoms with van der Waals surface area (Å²) in [6.07, 6.45) is 0.616. The molecule has 0 aliphatic carbocycles. The molecule has 0 saturated heterocycles. The molecule has 2 aromatic carbocycles. The number of nitrogens with zero attached hydrogens (tertiary/aromatic N) is 1. The second-order valence-corrected chi connectivity index (χ2v) is 5.89. The fourth-order valence-electron chi connectivity index (χ4n) is 2.67. The molecular weight excluding hydrogens is 318 g/mol. The number of carbonyl (C=O) groups excluding carboxylic acids is 1. The molecule has 0 aromatic heterocycles.